The fourth-order valence-corrected chi connectivity index (χ4v) is 1.42. The van der Waals surface area contributed by atoms with E-state index in [4.69, 9.17) is 0 Å². The smallest absolute Gasteiger partial charge is 0.417 e. The van der Waals surface area contributed by atoms with Gasteiger partial charge in [0, 0.05) is 12.4 Å². The van der Waals surface area contributed by atoms with E-state index in [1.807, 2.05) is 0 Å². The van der Waals surface area contributed by atoms with Crippen molar-refractivity contribution in [3.63, 3.8) is 0 Å². The van der Waals surface area contributed by atoms with Crippen LogP contribution in [0, 0.1) is 0 Å². The average Bonchev–Trinajstić information content (AvgIpc) is 2.87. The van der Waals surface area contributed by atoms with Crippen molar-refractivity contribution in [1.29, 1.82) is 0 Å². The molecule has 20 heavy (non-hydrogen) atoms. The molecule has 0 N–H and O–H groups in total. The van der Waals surface area contributed by atoms with Crippen molar-refractivity contribution in [2.75, 3.05) is 6.61 Å². The van der Waals surface area contributed by atoms with Crippen molar-refractivity contribution in [3.05, 3.63) is 29.8 Å². The predicted molar refractivity (Wildman–Crippen MR) is 58.5 cm³/mol. The Balaban J connectivity index is 2.41. The molecule has 0 saturated heterocycles. The van der Waals surface area contributed by atoms with Crippen LogP contribution in [0.5, 0.6) is 0 Å². The molecule has 0 aliphatic carbocycles. The molecule has 6 nitrogen and oxygen atoms in total. The number of aromatic nitrogens is 3. The second kappa shape index (κ2) is 5.27. The van der Waals surface area contributed by atoms with E-state index in [0.717, 1.165) is 18.5 Å². The van der Waals surface area contributed by atoms with Gasteiger partial charge in [0.15, 0.2) is 0 Å². The van der Waals surface area contributed by atoms with E-state index in [1.54, 1.807) is 6.92 Å². The van der Waals surface area contributed by atoms with Crippen LogP contribution in [0.3, 0.4) is 0 Å². The largest absolute Gasteiger partial charge is 0.460 e. The maximum absolute atomic E-state index is 12.8. The van der Waals surface area contributed by atoms with Gasteiger partial charge in [-0.05, 0) is 18.1 Å². The van der Waals surface area contributed by atoms with E-state index in [2.05, 4.69) is 24.4 Å². The van der Waals surface area contributed by atoms with Crippen LogP contribution < -0.4 is 0 Å². The van der Waals surface area contributed by atoms with E-state index < -0.39 is 35.0 Å². The summed E-state index contributed by atoms with van der Waals surface area (Å²) in [7, 11) is 0. The van der Waals surface area contributed by atoms with E-state index >= 15 is 0 Å². The van der Waals surface area contributed by atoms with E-state index in [1.165, 1.54) is 0 Å². The summed E-state index contributed by atoms with van der Waals surface area (Å²) in [5.41, 5.74) is -1.38. The van der Waals surface area contributed by atoms with Gasteiger partial charge >= 0.3 is 12.1 Å². The first-order valence-corrected chi connectivity index (χ1v) is 5.46. The summed E-state index contributed by atoms with van der Waals surface area (Å²) < 4.78 is 47.7. The number of nitrogens with zero attached hydrogens (tertiary/aromatic N) is 3. The number of alkyl halides is 3. The van der Waals surface area contributed by atoms with Crippen LogP contribution in [0.4, 0.5) is 13.2 Å². The number of rotatable bonds is 3. The molecule has 0 saturated carbocycles. The maximum atomic E-state index is 12.8. The monoisotopic (exact) mass is 287 g/mol. The van der Waals surface area contributed by atoms with Gasteiger partial charge in [0.05, 0.1) is 17.7 Å². The van der Waals surface area contributed by atoms with Crippen molar-refractivity contribution < 1.29 is 27.2 Å². The lowest BCUT2D eigenvalue weighted by atomic mass is 10.1. The summed E-state index contributed by atoms with van der Waals surface area (Å²) in [5, 5.41) is 3.28. The molecule has 0 aromatic carbocycles. The van der Waals surface area contributed by atoms with E-state index in [0.29, 0.717) is 0 Å². The van der Waals surface area contributed by atoms with Crippen LogP contribution >= 0.6 is 0 Å². The molecule has 0 bridgehead atoms. The third-order valence-electron chi connectivity index (χ3n) is 2.24. The van der Waals surface area contributed by atoms with Crippen LogP contribution in [0.1, 0.15) is 23.1 Å². The number of hydrogen-bond donors (Lipinski definition) is 0. The van der Waals surface area contributed by atoms with Gasteiger partial charge in [0.25, 0.3) is 11.7 Å². The average molecular weight is 287 g/mol. The minimum absolute atomic E-state index is 0.0867. The Morgan fingerprint density at radius 1 is 1.45 bits per heavy atom. The summed E-state index contributed by atoms with van der Waals surface area (Å²) in [5.74, 6) is -1.77. The van der Waals surface area contributed by atoms with Crippen molar-refractivity contribution in [2.45, 2.75) is 13.1 Å². The first kappa shape index (κ1) is 14.0. The Morgan fingerprint density at radius 3 is 2.85 bits per heavy atom. The minimum Gasteiger partial charge on any atom is -0.460 e. The molecule has 0 radical (unpaired) electrons. The quantitative estimate of drug-likeness (QED) is 0.806. The molecule has 0 aliphatic heterocycles. The molecule has 0 atom stereocenters. The second-order valence-corrected chi connectivity index (χ2v) is 3.56. The number of hydrogen-bond acceptors (Lipinski definition) is 6. The van der Waals surface area contributed by atoms with Crippen LogP contribution in [0.25, 0.3) is 11.5 Å². The lowest BCUT2D eigenvalue weighted by Gasteiger charge is -2.08. The van der Waals surface area contributed by atoms with Gasteiger partial charge in [-0.15, -0.1) is 0 Å². The fourth-order valence-electron chi connectivity index (χ4n) is 1.42. The number of pyridine rings is 1. The van der Waals surface area contributed by atoms with Crippen molar-refractivity contribution >= 4 is 5.97 Å². The molecule has 106 valence electrons. The first-order chi connectivity index (χ1) is 9.43. The van der Waals surface area contributed by atoms with Crippen molar-refractivity contribution in [3.8, 4) is 11.5 Å². The lowest BCUT2D eigenvalue weighted by molar-refractivity contribution is -0.137. The summed E-state index contributed by atoms with van der Waals surface area (Å²) in [6, 6.07) is 0.781. The van der Waals surface area contributed by atoms with Gasteiger partial charge < -0.3 is 9.26 Å². The maximum Gasteiger partial charge on any atom is 0.417 e. The molecule has 0 amide bonds. The number of ether oxygens (including phenoxy) is 1. The highest BCUT2D eigenvalue weighted by Gasteiger charge is 2.35. The molecule has 2 aromatic heterocycles. The number of esters is 1. The topological polar surface area (TPSA) is 78.1 Å². The second-order valence-electron chi connectivity index (χ2n) is 3.56. The molecule has 0 aliphatic rings. The molecule has 9 heteroatoms. The summed E-state index contributed by atoms with van der Waals surface area (Å²) >= 11 is 0. The highest BCUT2D eigenvalue weighted by atomic mass is 19.4. The van der Waals surface area contributed by atoms with Crippen LogP contribution in [0.15, 0.2) is 23.0 Å². The van der Waals surface area contributed by atoms with Crippen molar-refractivity contribution in [1.82, 2.24) is 15.1 Å². The van der Waals surface area contributed by atoms with Gasteiger partial charge in [0.2, 0.25) is 0 Å². The van der Waals surface area contributed by atoms with Gasteiger partial charge in [-0.2, -0.15) is 18.2 Å². The zero-order valence-electron chi connectivity index (χ0n) is 10.1. The summed E-state index contributed by atoms with van der Waals surface area (Å²) in [6.45, 7) is 1.66. The standard InChI is InChI=1S/C11H8F3N3O3/c1-2-19-10(18)8-16-9(20-17-8)6-5-15-4-3-7(6)11(12,13)14/h3-5H,2H2,1H3. The first-order valence-electron chi connectivity index (χ1n) is 5.46. The molecular weight excluding hydrogens is 279 g/mol. The van der Waals surface area contributed by atoms with E-state index in [9.17, 15) is 18.0 Å². The Morgan fingerprint density at radius 2 is 2.20 bits per heavy atom. The van der Waals surface area contributed by atoms with Gasteiger partial charge in [-0.25, -0.2) is 4.79 Å². The van der Waals surface area contributed by atoms with Gasteiger partial charge in [0.1, 0.15) is 0 Å². The van der Waals surface area contributed by atoms with Crippen LogP contribution in [-0.2, 0) is 10.9 Å². The Bertz CT molecular complexity index is 625. The molecular formula is C11H8F3N3O3. The molecule has 0 fully saturated rings. The fraction of sp³-hybridized carbons (Fsp3) is 0.273. The number of halogens is 3. The molecule has 2 aromatic rings. The van der Waals surface area contributed by atoms with Gasteiger partial charge in [-0.1, -0.05) is 0 Å². The SMILES string of the molecule is CCOC(=O)c1noc(-c2cnccc2C(F)(F)F)n1. The Hall–Kier alpha value is -2.45. The predicted octanol–water partition coefficient (Wildman–Crippen LogP) is 2.33. The number of carbonyl (C=O) groups excluding carboxylic acids is 1. The zero-order valence-corrected chi connectivity index (χ0v) is 10.1. The highest BCUT2D eigenvalue weighted by Crippen LogP contribution is 2.35. The van der Waals surface area contributed by atoms with Crippen molar-refractivity contribution in [2.24, 2.45) is 0 Å². The Labute approximate surface area is 110 Å². The third-order valence-corrected chi connectivity index (χ3v) is 2.24. The third kappa shape index (κ3) is 2.76. The Kier molecular flexibility index (Phi) is 3.68. The number of carbonyl (C=O) groups is 1. The van der Waals surface area contributed by atoms with Crippen LogP contribution in [0.2, 0.25) is 0 Å². The zero-order chi connectivity index (χ0) is 14.8. The van der Waals surface area contributed by atoms with Gasteiger partial charge in [-0.3, -0.25) is 4.98 Å². The summed E-state index contributed by atoms with van der Waals surface area (Å²) in [4.78, 5) is 18.5. The molecule has 2 rings (SSSR count). The summed E-state index contributed by atoms with van der Waals surface area (Å²) in [6.07, 6.45) is -2.67. The molecule has 2 heterocycles. The lowest BCUT2D eigenvalue weighted by Crippen LogP contribution is -2.08. The minimum atomic E-state index is -4.60. The molecule has 0 spiro atoms. The molecule has 0 unspecified atom stereocenters. The van der Waals surface area contributed by atoms with Crippen LogP contribution in [-0.4, -0.2) is 27.7 Å². The normalized spacial score (nSPS) is 11.4. The highest BCUT2D eigenvalue weighted by molar-refractivity contribution is 5.85. The van der Waals surface area contributed by atoms with E-state index in [-0.39, 0.29) is 6.61 Å².